The predicted molar refractivity (Wildman–Crippen MR) is 59.9 cm³/mol. The average Bonchev–Trinajstić information content (AvgIpc) is 2.12. The topological polar surface area (TPSA) is 35.8 Å². The van der Waals surface area contributed by atoms with Gasteiger partial charge >= 0.3 is 0 Å². The highest BCUT2D eigenvalue weighted by Crippen LogP contribution is 2.14. The summed E-state index contributed by atoms with van der Waals surface area (Å²) in [7, 11) is 1.84. The van der Waals surface area contributed by atoms with Crippen molar-refractivity contribution >= 4 is 11.8 Å². The SMILES string of the molecule is CNC(C)(C#N)CSCCC(C)C. The summed E-state index contributed by atoms with van der Waals surface area (Å²) in [6.45, 7) is 6.39. The Balaban J connectivity index is 3.58. The minimum atomic E-state index is -0.359. The molecule has 0 aromatic carbocycles. The van der Waals surface area contributed by atoms with Gasteiger partial charge in [0.05, 0.1) is 6.07 Å². The van der Waals surface area contributed by atoms with Crippen molar-refractivity contribution in [2.45, 2.75) is 32.7 Å². The van der Waals surface area contributed by atoms with E-state index in [1.807, 2.05) is 25.7 Å². The van der Waals surface area contributed by atoms with E-state index in [2.05, 4.69) is 25.2 Å². The van der Waals surface area contributed by atoms with Crippen LogP contribution >= 0.6 is 11.8 Å². The first-order valence-electron chi connectivity index (χ1n) is 4.72. The standard InChI is InChI=1S/C10H20N2S/c1-9(2)5-6-13-8-10(3,7-11)12-4/h9,12H,5-6,8H2,1-4H3. The Morgan fingerprint density at radius 2 is 2.15 bits per heavy atom. The maximum absolute atomic E-state index is 8.87. The largest absolute Gasteiger partial charge is 0.302 e. The molecule has 1 unspecified atom stereocenters. The lowest BCUT2D eigenvalue weighted by Crippen LogP contribution is -2.40. The van der Waals surface area contributed by atoms with E-state index in [-0.39, 0.29) is 5.54 Å². The molecule has 13 heavy (non-hydrogen) atoms. The fraction of sp³-hybridized carbons (Fsp3) is 0.900. The molecule has 0 radical (unpaired) electrons. The Labute approximate surface area is 86.1 Å². The monoisotopic (exact) mass is 200 g/mol. The lowest BCUT2D eigenvalue weighted by molar-refractivity contribution is 0.549. The van der Waals surface area contributed by atoms with E-state index in [9.17, 15) is 0 Å². The van der Waals surface area contributed by atoms with Crippen molar-refractivity contribution < 1.29 is 0 Å². The van der Waals surface area contributed by atoms with Crippen molar-refractivity contribution in [2.24, 2.45) is 5.92 Å². The summed E-state index contributed by atoms with van der Waals surface area (Å²) >= 11 is 1.85. The minimum absolute atomic E-state index is 0.359. The van der Waals surface area contributed by atoms with Gasteiger partial charge in [0.1, 0.15) is 5.54 Å². The van der Waals surface area contributed by atoms with Crippen LogP contribution < -0.4 is 5.32 Å². The third-order valence-corrected chi connectivity index (χ3v) is 3.33. The third-order valence-electron chi connectivity index (χ3n) is 2.03. The quantitative estimate of drug-likeness (QED) is 0.668. The zero-order valence-electron chi connectivity index (χ0n) is 9.05. The molecule has 0 aliphatic heterocycles. The van der Waals surface area contributed by atoms with Crippen molar-refractivity contribution in [3.8, 4) is 6.07 Å². The Kier molecular flexibility index (Phi) is 6.19. The van der Waals surface area contributed by atoms with Gasteiger partial charge in [0.25, 0.3) is 0 Å². The number of rotatable bonds is 6. The molecule has 0 saturated carbocycles. The molecule has 0 rings (SSSR count). The molecule has 1 N–H and O–H groups in total. The Morgan fingerprint density at radius 1 is 1.54 bits per heavy atom. The summed E-state index contributed by atoms with van der Waals surface area (Å²) in [5.74, 6) is 2.78. The maximum Gasteiger partial charge on any atom is 0.112 e. The van der Waals surface area contributed by atoms with Crippen LogP contribution in [0, 0.1) is 17.2 Å². The number of nitrogens with one attached hydrogen (secondary N) is 1. The van der Waals surface area contributed by atoms with Gasteiger partial charge in [-0.15, -0.1) is 0 Å². The third kappa shape index (κ3) is 5.95. The highest BCUT2D eigenvalue weighted by Gasteiger charge is 2.20. The molecular weight excluding hydrogens is 180 g/mol. The first-order chi connectivity index (χ1) is 6.04. The van der Waals surface area contributed by atoms with Gasteiger partial charge < -0.3 is 5.32 Å². The normalized spacial score (nSPS) is 15.4. The molecule has 0 aliphatic carbocycles. The van der Waals surface area contributed by atoms with E-state index in [4.69, 9.17) is 5.26 Å². The molecule has 2 nitrogen and oxygen atoms in total. The summed E-state index contributed by atoms with van der Waals surface area (Å²) in [5.41, 5.74) is -0.359. The van der Waals surface area contributed by atoms with Gasteiger partial charge in [0.15, 0.2) is 0 Å². The molecule has 3 heteroatoms. The minimum Gasteiger partial charge on any atom is -0.302 e. The van der Waals surface area contributed by atoms with Crippen LogP contribution in [0.4, 0.5) is 0 Å². The van der Waals surface area contributed by atoms with E-state index in [0.29, 0.717) is 0 Å². The Morgan fingerprint density at radius 3 is 2.54 bits per heavy atom. The summed E-state index contributed by atoms with van der Waals surface area (Å²) in [5, 5.41) is 11.9. The lowest BCUT2D eigenvalue weighted by atomic mass is 10.1. The summed E-state index contributed by atoms with van der Waals surface area (Å²) in [6, 6.07) is 2.28. The predicted octanol–water partition coefficient (Wildman–Crippen LogP) is 2.27. The van der Waals surface area contributed by atoms with Crippen LogP contribution in [0.15, 0.2) is 0 Å². The van der Waals surface area contributed by atoms with Gasteiger partial charge in [0, 0.05) is 5.75 Å². The van der Waals surface area contributed by atoms with Crippen molar-refractivity contribution in [2.75, 3.05) is 18.6 Å². The molecule has 1 atom stereocenters. The number of nitrogens with zero attached hydrogens (tertiary/aromatic N) is 1. The molecule has 0 aromatic heterocycles. The van der Waals surface area contributed by atoms with Crippen LogP contribution in [0.2, 0.25) is 0 Å². The first-order valence-corrected chi connectivity index (χ1v) is 5.87. The van der Waals surface area contributed by atoms with Gasteiger partial charge in [-0.2, -0.15) is 17.0 Å². The van der Waals surface area contributed by atoms with Crippen molar-refractivity contribution in [1.29, 1.82) is 5.26 Å². The number of hydrogen-bond acceptors (Lipinski definition) is 3. The molecule has 0 aliphatic rings. The Bertz CT molecular complexity index is 174. The van der Waals surface area contributed by atoms with E-state index < -0.39 is 0 Å². The first kappa shape index (κ1) is 12.8. The molecular formula is C10H20N2S. The molecule has 0 saturated heterocycles. The zero-order chi connectivity index (χ0) is 10.3. The summed E-state index contributed by atoms with van der Waals surface area (Å²) < 4.78 is 0. The second-order valence-corrected chi connectivity index (χ2v) is 5.03. The van der Waals surface area contributed by atoms with Crippen LogP contribution in [0.3, 0.4) is 0 Å². The highest BCUT2D eigenvalue weighted by molar-refractivity contribution is 7.99. The van der Waals surface area contributed by atoms with Gasteiger partial charge in [-0.05, 0) is 32.1 Å². The molecule has 0 amide bonds. The zero-order valence-corrected chi connectivity index (χ0v) is 9.87. The van der Waals surface area contributed by atoms with E-state index in [1.54, 1.807) is 0 Å². The fourth-order valence-corrected chi connectivity index (χ4v) is 2.16. The molecule has 0 aromatic rings. The average molecular weight is 200 g/mol. The molecule has 0 fully saturated rings. The number of nitriles is 1. The smallest absolute Gasteiger partial charge is 0.112 e. The molecule has 76 valence electrons. The van der Waals surface area contributed by atoms with Crippen molar-refractivity contribution in [1.82, 2.24) is 5.32 Å². The van der Waals surface area contributed by atoms with Crippen molar-refractivity contribution in [3.63, 3.8) is 0 Å². The van der Waals surface area contributed by atoms with E-state index in [0.717, 1.165) is 17.4 Å². The van der Waals surface area contributed by atoms with Crippen LogP contribution in [-0.4, -0.2) is 24.1 Å². The summed E-state index contributed by atoms with van der Waals surface area (Å²) in [4.78, 5) is 0. The lowest BCUT2D eigenvalue weighted by Gasteiger charge is -2.20. The molecule has 0 spiro atoms. The van der Waals surface area contributed by atoms with E-state index >= 15 is 0 Å². The van der Waals surface area contributed by atoms with Gasteiger partial charge in [-0.3, -0.25) is 0 Å². The van der Waals surface area contributed by atoms with Crippen molar-refractivity contribution in [3.05, 3.63) is 0 Å². The van der Waals surface area contributed by atoms with Crippen LogP contribution in [0.25, 0.3) is 0 Å². The van der Waals surface area contributed by atoms with Crippen LogP contribution in [-0.2, 0) is 0 Å². The van der Waals surface area contributed by atoms with Gasteiger partial charge in [0.2, 0.25) is 0 Å². The van der Waals surface area contributed by atoms with Gasteiger partial charge in [-0.1, -0.05) is 13.8 Å². The van der Waals surface area contributed by atoms with Crippen LogP contribution in [0.5, 0.6) is 0 Å². The second kappa shape index (κ2) is 6.28. The number of thioether (sulfide) groups is 1. The molecule has 0 bridgehead atoms. The molecule has 0 heterocycles. The highest BCUT2D eigenvalue weighted by atomic mass is 32.2. The Hall–Kier alpha value is -0.200. The fourth-order valence-electron chi connectivity index (χ4n) is 0.756. The van der Waals surface area contributed by atoms with E-state index in [1.165, 1.54) is 6.42 Å². The van der Waals surface area contributed by atoms with Crippen LogP contribution in [0.1, 0.15) is 27.2 Å². The van der Waals surface area contributed by atoms with Gasteiger partial charge in [-0.25, -0.2) is 0 Å². The summed E-state index contributed by atoms with van der Waals surface area (Å²) in [6.07, 6.45) is 1.23. The second-order valence-electron chi connectivity index (χ2n) is 3.93. The number of hydrogen-bond donors (Lipinski definition) is 1. The maximum atomic E-state index is 8.87.